The lowest BCUT2D eigenvalue weighted by Crippen LogP contribution is -2.14. The van der Waals surface area contributed by atoms with Crippen LogP contribution in [0.5, 0.6) is 0 Å². The third kappa shape index (κ3) is 4.62. The smallest absolute Gasteiger partial charge is 0.0620 e. The van der Waals surface area contributed by atoms with E-state index in [1.165, 1.54) is 25.8 Å². The fraction of sp³-hybridized carbons (Fsp3) is 0.294. The number of benzene rings is 2. The van der Waals surface area contributed by atoms with E-state index in [-0.39, 0.29) is 6.10 Å². The molecule has 0 aliphatic heterocycles. The number of halogens is 1. The first kappa shape index (κ1) is 14.5. The molecule has 19 heavy (non-hydrogen) atoms. The highest BCUT2D eigenvalue weighted by Gasteiger charge is 2.07. The second-order valence-corrected chi connectivity index (χ2v) is 6.43. The van der Waals surface area contributed by atoms with Gasteiger partial charge >= 0.3 is 0 Å². The average molecular weight is 366 g/mol. The number of hydrogen-bond acceptors (Lipinski definition) is 1. The lowest BCUT2D eigenvalue weighted by atomic mass is 9.99. The molecule has 0 amide bonds. The van der Waals surface area contributed by atoms with E-state index in [0.29, 0.717) is 12.8 Å². The SMILES string of the molecule is Cc1cc(C)cc(CC(O)Cc2ccc(I)cc2)c1. The lowest BCUT2D eigenvalue weighted by Gasteiger charge is -2.12. The Labute approximate surface area is 128 Å². The number of hydrogen-bond donors (Lipinski definition) is 1. The molecule has 1 unspecified atom stereocenters. The lowest BCUT2D eigenvalue weighted by molar-refractivity contribution is 0.175. The van der Waals surface area contributed by atoms with Crippen molar-refractivity contribution in [2.24, 2.45) is 0 Å². The first-order valence-electron chi connectivity index (χ1n) is 6.52. The van der Waals surface area contributed by atoms with E-state index in [4.69, 9.17) is 0 Å². The Balaban J connectivity index is 2.00. The van der Waals surface area contributed by atoms with Crippen LogP contribution in [-0.4, -0.2) is 11.2 Å². The molecule has 0 aromatic heterocycles. The molecule has 2 aromatic carbocycles. The molecule has 2 heteroatoms. The van der Waals surface area contributed by atoms with E-state index in [1.54, 1.807) is 0 Å². The molecule has 1 nitrogen and oxygen atoms in total. The summed E-state index contributed by atoms with van der Waals surface area (Å²) in [6.45, 7) is 4.20. The highest BCUT2D eigenvalue weighted by molar-refractivity contribution is 14.1. The molecule has 100 valence electrons. The first-order valence-corrected chi connectivity index (χ1v) is 7.60. The van der Waals surface area contributed by atoms with Crippen LogP contribution >= 0.6 is 22.6 Å². The predicted molar refractivity (Wildman–Crippen MR) is 88.5 cm³/mol. The van der Waals surface area contributed by atoms with Crippen molar-refractivity contribution in [1.82, 2.24) is 0 Å². The van der Waals surface area contributed by atoms with Crippen molar-refractivity contribution < 1.29 is 5.11 Å². The van der Waals surface area contributed by atoms with Gasteiger partial charge in [-0.1, -0.05) is 41.5 Å². The minimum atomic E-state index is -0.318. The second-order valence-electron chi connectivity index (χ2n) is 5.18. The zero-order chi connectivity index (χ0) is 13.8. The van der Waals surface area contributed by atoms with Crippen LogP contribution in [0, 0.1) is 17.4 Å². The van der Waals surface area contributed by atoms with Crippen molar-refractivity contribution in [3.8, 4) is 0 Å². The van der Waals surface area contributed by atoms with Crippen molar-refractivity contribution in [2.45, 2.75) is 32.8 Å². The Morgan fingerprint density at radius 2 is 1.42 bits per heavy atom. The molecule has 0 bridgehead atoms. The van der Waals surface area contributed by atoms with E-state index >= 15 is 0 Å². The summed E-state index contributed by atoms with van der Waals surface area (Å²) in [6, 6.07) is 14.8. The van der Waals surface area contributed by atoms with Gasteiger partial charge in [-0.2, -0.15) is 0 Å². The van der Waals surface area contributed by atoms with Gasteiger partial charge in [0.15, 0.2) is 0 Å². The second kappa shape index (κ2) is 6.53. The third-order valence-electron chi connectivity index (χ3n) is 3.14. The van der Waals surface area contributed by atoms with Crippen molar-refractivity contribution in [3.05, 3.63) is 68.3 Å². The normalized spacial score (nSPS) is 12.4. The van der Waals surface area contributed by atoms with Crippen LogP contribution in [0.25, 0.3) is 0 Å². The van der Waals surface area contributed by atoms with Crippen molar-refractivity contribution >= 4 is 22.6 Å². The zero-order valence-electron chi connectivity index (χ0n) is 11.4. The minimum absolute atomic E-state index is 0.318. The van der Waals surface area contributed by atoms with Gasteiger partial charge in [0.1, 0.15) is 0 Å². The van der Waals surface area contributed by atoms with Gasteiger partial charge in [-0.15, -0.1) is 0 Å². The summed E-state index contributed by atoms with van der Waals surface area (Å²) >= 11 is 2.29. The molecule has 0 radical (unpaired) electrons. The molecule has 0 aliphatic carbocycles. The highest BCUT2D eigenvalue weighted by Crippen LogP contribution is 2.14. The van der Waals surface area contributed by atoms with Gasteiger partial charge in [0.05, 0.1) is 6.10 Å². The van der Waals surface area contributed by atoms with Gasteiger partial charge in [0, 0.05) is 3.57 Å². The molecule has 0 saturated heterocycles. The summed E-state index contributed by atoms with van der Waals surface area (Å²) in [7, 11) is 0. The fourth-order valence-electron chi connectivity index (χ4n) is 2.42. The Bertz CT molecular complexity index is 525. The quantitative estimate of drug-likeness (QED) is 0.810. The van der Waals surface area contributed by atoms with Crippen LogP contribution in [0.1, 0.15) is 22.3 Å². The molecular formula is C17H19IO. The topological polar surface area (TPSA) is 20.2 Å². The molecule has 2 rings (SSSR count). The number of rotatable bonds is 4. The van der Waals surface area contributed by atoms with E-state index in [1.807, 2.05) is 0 Å². The zero-order valence-corrected chi connectivity index (χ0v) is 13.5. The molecular weight excluding hydrogens is 347 g/mol. The summed E-state index contributed by atoms with van der Waals surface area (Å²) in [5.74, 6) is 0. The van der Waals surface area contributed by atoms with Crippen LogP contribution in [0.15, 0.2) is 42.5 Å². The van der Waals surface area contributed by atoms with Gasteiger partial charge in [0.2, 0.25) is 0 Å². The summed E-state index contributed by atoms with van der Waals surface area (Å²) in [5, 5.41) is 10.2. The van der Waals surface area contributed by atoms with Gasteiger partial charge in [-0.05, 0) is 72.5 Å². The van der Waals surface area contributed by atoms with Crippen LogP contribution in [0.4, 0.5) is 0 Å². The predicted octanol–water partition coefficient (Wildman–Crippen LogP) is 4.05. The van der Waals surface area contributed by atoms with Gasteiger partial charge in [0.25, 0.3) is 0 Å². The van der Waals surface area contributed by atoms with Crippen LogP contribution in [0.3, 0.4) is 0 Å². The maximum Gasteiger partial charge on any atom is 0.0620 e. The van der Waals surface area contributed by atoms with Gasteiger partial charge in [-0.3, -0.25) is 0 Å². The Hall–Kier alpha value is -0.870. The summed E-state index contributed by atoms with van der Waals surface area (Å²) in [6.07, 6.45) is 1.11. The van der Waals surface area contributed by atoms with Crippen LogP contribution in [0.2, 0.25) is 0 Å². The van der Waals surface area contributed by atoms with E-state index in [0.717, 1.165) is 0 Å². The summed E-state index contributed by atoms with van der Waals surface area (Å²) in [5.41, 5.74) is 4.93. The van der Waals surface area contributed by atoms with Crippen LogP contribution in [-0.2, 0) is 12.8 Å². The maximum absolute atomic E-state index is 10.2. The first-order chi connectivity index (χ1) is 9.02. The van der Waals surface area contributed by atoms with Gasteiger partial charge < -0.3 is 5.11 Å². The van der Waals surface area contributed by atoms with E-state index in [2.05, 4.69) is 78.9 Å². The van der Waals surface area contributed by atoms with E-state index < -0.39 is 0 Å². The summed E-state index contributed by atoms with van der Waals surface area (Å²) < 4.78 is 1.23. The molecule has 0 aliphatic rings. The average Bonchev–Trinajstić information content (AvgIpc) is 2.30. The highest BCUT2D eigenvalue weighted by atomic mass is 127. The molecule has 2 aromatic rings. The minimum Gasteiger partial charge on any atom is -0.392 e. The summed E-state index contributed by atoms with van der Waals surface area (Å²) in [4.78, 5) is 0. The van der Waals surface area contributed by atoms with Crippen molar-refractivity contribution in [3.63, 3.8) is 0 Å². The Morgan fingerprint density at radius 3 is 2.00 bits per heavy atom. The Morgan fingerprint density at radius 1 is 0.895 bits per heavy atom. The number of aliphatic hydroxyl groups is 1. The molecule has 0 saturated carbocycles. The molecule has 0 heterocycles. The largest absolute Gasteiger partial charge is 0.392 e. The standard InChI is InChI=1S/C17H19IO/c1-12-7-13(2)9-15(8-12)11-17(19)10-14-3-5-16(18)6-4-14/h3-9,17,19H,10-11H2,1-2H3. The Kier molecular flexibility index (Phi) is 4.99. The monoisotopic (exact) mass is 366 g/mol. The number of aryl methyl sites for hydroxylation is 2. The van der Waals surface area contributed by atoms with Crippen LogP contribution < -0.4 is 0 Å². The van der Waals surface area contributed by atoms with Crippen molar-refractivity contribution in [2.75, 3.05) is 0 Å². The molecule has 0 spiro atoms. The molecule has 1 atom stereocenters. The number of aliphatic hydroxyl groups excluding tert-OH is 1. The van der Waals surface area contributed by atoms with Crippen molar-refractivity contribution in [1.29, 1.82) is 0 Å². The molecule has 0 fully saturated rings. The third-order valence-corrected chi connectivity index (χ3v) is 3.86. The van der Waals surface area contributed by atoms with Gasteiger partial charge in [-0.25, -0.2) is 0 Å². The maximum atomic E-state index is 10.2. The molecule has 1 N–H and O–H groups in total. The fourth-order valence-corrected chi connectivity index (χ4v) is 2.78. The van der Waals surface area contributed by atoms with E-state index in [9.17, 15) is 5.11 Å².